The van der Waals surface area contributed by atoms with Gasteiger partial charge in [0, 0.05) is 12.8 Å². The number of rotatable bonds is 7. The maximum Gasteiger partial charge on any atom is 0.414 e. The zero-order chi connectivity index (χ0) is 17.0. The number of ketones is 1. The number of anilines is 1. The summed E-state index contributed by atoms with van der Waals surface area (Å²) in [6.07, 6.45) is -0.627. The van der Waals surface area contributed by atoms with Gasteiger partial charge in [0.15, 0.2) is 0 Å². The van der Waals surface area contributed by atoms with Crippen molar-refractivity contribution in [3.63, 3.8) is 0 Å². The Labute approximate surface area is 136 Å². The first-order valence-electron chi connectivity index (χ1n) is 7.54. The second-order valence-electron chi connectivity index (χ2n) is 6.29. The summed E-state index contributed by atoms with van der Waals surface area (Å²) in [6, 6.07) is 7.16. The molecule has 0 aromatic heterocycles. The molecule has 1 aliphatic rings. The van der Waals surface area contributed by atoms with Crippen molar-refractivity contribution in [2.75, 3.05) is 31.8 Å². The molecule has 126 valence electrons. The molecule has 1 aromatic carbocycles. The highest BCUT2D eigenvalue weighted by Gasteiger charge is 2.32. The molecule has 0 radical (unpaired) electrons. The van der Waals surface area contributed by atoms with Crippen LogP contribution in [0.2, 0.25) is 0 Å². The van der Waals surface area contributed by atoms with Gasteiger partial charge in [-0.1, -0.05) is 0 Å². The molecule has 1 aliphatic heterocycles. The van der Waals surface area contributed by atoms with Crippen LogP contribution in [0.15, 0.2) is 24.3 Å². The van der Waals surface area contributed by atoms with Gasteiger partial charge in [-0.15, -0.1) is 0 Å². The van der Waals surface area contributed by atoms with Gasteiger partial charge in [0.25, 0.3) is 0 Å². The molecular weight excluding hydrogens is 298 g/mol. The van der Waals surface area contributed by atoms with Crippen LogP contribution in [-0.2, 0) is 14.3 Å². The Balaban J connectivity index is 1.97. The van der Waals surface area contributed by atoms with Crippen LogP contribution in [0, 0.1) is 5.41 Å². The molecule has 1 saturated heterocycles. The SMILES string of the molecule is COC[C@H]1CN(c2ccc(OCC(C)(C)C(C)=O)cc2)C(=O)O1. The predicted molar refractivity (Wildman–Crippen MR) is 85.9 cm³/mol. The summed E-state index contributed by atoms with van der Waals surface area (Å²) in [4.78, 5) is 24.9. The van der Waals surface area contributed by atoms with Crippen molar-refractivity contribution in [2.45, 2.75) is 26.9 Å². The number of nitrogens with zero attached hydrogens (tertiary/aromatic N) is 1. The number of hydrogen-bond donors (Lipinski definition) is 0. The molecule has 6 nitrogen and oxygen atoms in total. The predicted octanol–water partition coefficient (Wildman–Crippen LogP) is 2.65. The number of amides is 1. The van der Waals surface area contributed by atoms with Gasteiger partial charge in [-0.25, -0.2) is 4.79 Å². The van der Waals surface area contributed by atoms with E-state index in [9.17, 15) is 9.59 Å². The smallest absolute Gasteiger partial charge is 0.414 e. The third-order valence-corrected chi connectivity index (χ3v) is 3.93. The number of benzene rings is 1. The first kappa shape index (κ1) is 17.3. The van der Waals surface area contributed by atoms with Gasteiger partial charge in [0.05, 0.1) is 18.6 Å². The fourth-order valence-corrected chi connectivity index (χ4v) is 2.09. The van der Waals surface area contributed by atoms with E-state index in [0.29, 0.717) is 25.5 Å². The highest BCUT2D eigenvalue weighted by atomic mass is 16.6. The summed E-state index contributed by atoms with van der Waals surface area (Å²) in [6.45, 7) is 6.40. The second-order valence-corrected chi connectivity index (χ2v) is 6.29. The van der Waals surface area contributed by atoms with E-state index in [4.69, 9.17) is 14.2 Å². The standard InChI is InChI=1S/C17H23NO5/c1-12(19)17(2,3)11-22-14-7-5-13(6-8-14)18-9-15(10-21-4)23-16(18)20/h5-8,15H,9-11H2,1-4H3/t15-/m1/s1. The minimum absolute atomic E-state index is 0.0816. The summed E-state index contributed by atoms with van der Waals surface area (Å²) in [7, 11) is 1.57. The first-order chi connectivity index (χ1) is 10.8. The van der Waals surface area contributed by atoms with E-state index < -0.39 is 5.41 Å². The highest BCUT2D eigenvalue weighted by molar-refractivity contribution is 5.89. The van der Waals surface area contributed by atoms with Crippen molar-refractivity contribution in [2.24, 2.45) is 5.41 Å². The number of carbonyl (C=O) groups is 2. The lowest BCUT2D eigenvalue weighted by atomic mass is 9.90. The third kappa shape index (κ3) is 4.22. The number of methoxy groups -OCH3 is 1. The lowest BCUT2D eigenvalue weighted by molar-refractivity contribution is -0.126. The monoisotopic (exact) mass is 321 g/mol. The van der Waals surface area contributed by atoms with Crippen molar-refractivity contribution < 1.29 is 23.8 Å². The van der Waals surface area contributed by atoms with Crippen molar-refractivity contribution in [3.8, 4) is 5.75 Å². The van der Waals surface area contributed by atoms with Gasteiger partial charge in [-0.3, -0.25) is 9.69 Å². The molecule has 6 heteroatoms. The summed E-state index contributed by atoms with van der Waals surface area (Å²) < 4.78 is 15.9. The summed E-state index contributed by atoms with van der Waals surface area (Å²) in [5.41, 5.74) is 0.219. The van der Waals surface area contributed by atoms with Gasteiger partial charge in [0.2, 0.25) is 0 Å². The normalized spacial score (nSPS) is 18.0. The lowest BCUT2D eigenvalue weighted by Gasteiger charge is -2.21. The molecular formula is C17H23NO5. The van der Waals surface area contributed by atoms with Crippen LogP contribution >= 0.6 is 0 Å². The second kappa shape index (κ2) is 7.00. The number of cyclic esters (lactones) is 1. The zero-order valence-corrected chi connectivity index (χ0v) is 14.0. The molecule has 1 heterocycles. The van der Waals surface area contributed by atoms with Gasteiger partial charge in [-0.05, 0) is 45.0 Å². The molecule has 0 saturated carbocycles. The molecule has 1 aromatic rings. The minimum atomic E-state index is -0.523. The van der Waals surface area contributed by atoms with E-state index in [1.807, 2.05) is 13.8 Å². The largest absolute Gasteiger partial charge is 0.493 e. The molecule has 0 unspecified atom stereocenters. The van der Waals surface area contributed by atoms with Crippen molar-refractivity contribution in [3.05, 3.63) is 24.3 Å². The van der Waals surface area contributed by atoms with E-state index in [-0.39, 0.29) is 18.0 Å². The van der Waals surface area contributed by atoms with Crippen LogP contribution in [0.1, 0.15) is 20.8 Å². The fraction of sp³-hybridized carbons (Fsp3) is 0.529. The van der Waals surface area contributed by atoms with E-state index in [0.717, 1.165) is 5.69 Å². The Morgan fingerprint density at radius 2 is 2.00 bits per heavy atom. The van der Waals surface area contributed by atoms with Crippen LogP contribution < -0.4 is 9.64 Å². The molecule has 0 bridgehead atoms. The van der Waals surface area contributed by atoms with Crippen LogP contribution in [0.25, 0.3) is 0 Å². The first-order valence-corrected chi connectivity index (χ1v) is 7.54. The van der Waals surface area contributed by atoms with E-state index in [2.05, 4.69) is 0 Å². The quantitative estimate of drug-likeness (QED) is 0.772. The molecule has 23 heavy (non-hydrogen) atoms. The number of hydrogen-bond acceptors (Lipinski definition) is 5. The van der Waals surface area contributed by atoms with Gasteiger partial charge in [-0.2, -0.15) is 0 Å². The van der Waals surface area contributed by atoms with Crippen molar-refractivity contribution >= 4 is 17.6 Å². The van der Waals surface area contributed by atoms with E-state index in [1.54, 1.807) is 43.2 Å². The average molecular weight is 321 g/mol. The Bertz CT molecular complexity index is 567. The molecule has 1 amide bonds. The number of Topliss-reactive ketones (excluding diaryl/α,β-unsaturated/α-hetero) is 1. The Hall–Kier alpha value is -2.08. The van der Waals surface area contributed by atoms with Crippen LogP contribution in [0.3, 0.4) is 0 Å². The zero-order valence-electron chi connectivity index (χ0n) is 14.0. The Morgan fingerprint density at radius 1 is 1.35 bits per heavy atom. The average Bonchev–Trinajstić information content (AvgIpc) is 2.87. The third-order valence-electron chi connectivity index (χ3n) is 3.93. The molecule has 1 atom stereocenters. The maximum atomic E-state index is 11.9. The topological polar surface area (TPSA) is 65.1 Å². The summed E-state index contributed by atoms with van der Waals surface area (Å²) in [5.74, 6) is 0.738. The van der Waals surface area contributed by atoms with E-state index in [1.165, 1.54) is 0 Å². The fourth-order valence-electron chi connectivity index (χ4n) is 2.09. The Morgan fingerprint density at radius 3 is 2.57 bits per heavy atom. The highest BCUT2D eigenvalue weighted by Crippen LogP contribution is 2.25. The van der Waals surface area contributed by atoms with Gasteiger partial charge < -0.3 is 14.2 Å². The molecule has 2 rings (SSSR count). The van der Waals surface area contributed by atoms with E-state index >= 15 is 0 Å². The molecule has 1 fully saturated rings. The van der Waals surface area contributed by atoms with Crippen molar-refractivity contribution in [1.29, 1.82) is 0 Å². The van der Waals surface area contributed by atoms with Crippen LogP contribution in [0.4, 0.5) is 10.5 Å². The minimum Gasteiger partial charge on any atom is -0.493 e. The Kier molecular flexibility index (Phi) is 5.26. The summed E-state index contributed by atoms with van der Waals surface area (Å²) in [5, 5.41) is 0. The number of ether oxygens (including phenoxy) is 3. The van der Waals surface area contributed by atoms with Gasteiger partial charge >= 0.3 is 6.09 Å². The van der Waals surface area contributed by atoms with Crippen LogP contribution in [0.5, 0.6) is 5.75 Å². The molecule has 0 N–H and O–H groups in total. The molecule has 0 aliphatic carbocycles. The maximum absolute atomic E-state index is 11.9. The number of carbonyl (C=O) groups excluding carboxylic acids is 2. The lowest BCUT2D eigenvalue weighted by Crippen LogP contribution is -2.29. The van der Waals surface area contributed by atoms with Crippen molar-refractivity contribution in [1.82, 2.24) is 0 Å². The summed E-state index contributed by atoms with van der Waals surface area (Å²) >= 11 is 0. The van der Waals surface area contributed by atoms with Gasteiger partial charge in [0.1, 0.15) is 24.2 Å². The molecule has 0 spiro atoms. The van der Waals surface area contributed by atoms with Crippen LogP contribution in [-0.4, -0.2) is 44.8 Å².